The highest BCUT2D eigenvalue weighted by molar-refractivity contribution is 6.06. The van der Waals surface area contributed by atoms with Crippen LogP contribution in [-0.2, 0) is 5.41 Å². The number of rotatable bonds is 3. The minimum absolute atomic E-state index is 0.0795. The van der Waals surface area contributed by atoms with E-state index in [-0.39, 0.29) is 5.41 Å². The summed E-state index contributed by atoms with van der Waals surface area (Å²) in [5, 5.41) is 4.31. The maximum Gasteiger partial charge on any atom is 0.164 e. The molecule has 9 aromatic rings. The van der Waals surface area contributed by atoms with Gasteiger partial charge in [0.1, 0.15) is 22.3 Å². The van der Waals surface area contributed by atoms with Gasteiger partial charge in [-0.2, -0.15) is 0 Å². The molecule has 222 valence electrons. The van der Waals surface area contributed by atoms with Crippen LogP contribution in [0, 0.1) is 0 Å². The zero-order chi connectivity index (χ0) is 31.3. The van der Waals surface area contributed by atoms with E-state index in [0.29, 0.717) is 17.5 Å². The van der Waals surface area contributed by atoms with Crippen molar-refractivity contribution in [3.8, 4) is 45.3 Å². The zero-order valence-electron chi connectivity index (χ0n) is 25.8. The van der Waals surface area contributed by atoms with Crippen molar-refractivity contribution >= 4 is 43.9 Å². The van der Waals surface area contributed by atoms with E-state index in [9.17, 15) is 0 Å². The molecule has 0 N–H and O–H groups in total. The number of hydrogen-bond acceptors (Lipinski definition) is 5. The van der Waals surface area contributed by atoms with E-state index in [1.54, 1.807) is 0 Å². The maximum absolute atomic E-state index is 6.24. The van der Waals surface area contributed by atoms with E-state index in [2.05, 4.69) is 92.7 Å². The van der Waals surface area contributed by atoms with Gasteiger partial charge in [0.15, 0.2) is 17.5 Å². The van der Waals surface area contributed by atoms with Crippen molar-refractivity contribution in [3.05, 3.63) is 139 Å². The van der Waals surface area contributed by atoms with E-state index in [4.69, 9.17) is 23.8 Å². The smallest absolute Gasteiger partial charge is 0.164 e. The predicted octanol–water partition coefficient (Wildman–Crippen LogP) is 11.0. The molecule has 10 rings (SSSR count). The lowest BCUT2D eigenvalue weighted by atomic mass is 9.82. The van der Waals surface area contributed by atoms with Gasteiger partial charge in [-0.25, -0.2) is 15.0 Å². The van der Waals surface area contributed by atoms with Crippen LogP contribution in [0.5, 0.6) is 0 Å². The first kappa shape index (κ1) is 26.2. The molecule has 6 aromatic carbocycles. The van der Waals surface area contributed by atoms with E-state index in [0.717, 1.165) is 60.6 Å². The highest BCUT2D eigenvalue weighted by atomic mass is 16.3. The van der Waals surface area contributed by atoms with Gasteiger partial charge in [0.05, 0.1) is 0 Å². The Balaban J connectivity index is 1.18. The lowest BCUT2D eigenvalue weighted by Gasteiger charge is -2.21. The van der Waals surface area contributed by atoms with Gasteiger partial charge in [0.2, 0.25) is 0 Å². The van der Waals surface area contributed by atoms with Gasteiger partial charge in [0.25, 0.3) is 0 Å². The number of benzene rings is 6. The molecule has 47 heavy (non-hydrogen) atoms. The highest BCUT2D eigenvalue weighted by Gasteiger charge is 2.35. The van der Waals surface area contributed by atoms with Crippen molar-refractivity contribution in [3.63, 3.8) is 0 Å². The van der Waals surface area contributed by atoms with Crippen LogP contribution in [-0.4, -0.2) is 15.0 Å². The van der Waals surface area contributed by atoms with Gasteiger partial charge >= 0.3 is 0 Å². The van der Waals surface area contributed by atoms with Gasteiger partial charge in [-0.1, -0.05) is 98.8 Å². The van der Waals surface area contributed by atoms with Crippen molar-refractivity contribution in [2.75, 3.05) is 0 Å². The number of furan rings is 2. The molecule has 5 heteroatoms. The standard InChI is InChI=1S/C42H27N3O2/c1-42(2)33-12-6-3-9-27(33)32-21-24(17-20-34(32)42)39-43-40(25-15-18-30-28-10-4-7-13-35(28)46-37(30)22-25)45-41(44-39)26-16-19-31-29-11-5-8-14-36(29)47-38(31)23-26/h3-23H,1-2H3. The van der Waals surface area contributed by atoms with Crippen LogP contribution in [0.4, 0.5) is 0 Å². The Morgan fingerprint density at radius 2 is 0.851 bits per heavy atom. The Morgan fingerprint density at radius 1 is 0.404 bits per heavy atom. The molecule has 1 aliphatic rings. The molecular formula is C42H27N3O2. The molecule has 3 aromatic heterocycles. The number of fused-ring (bicyclic) bond motifs is 9. The summed E-state index contributed by atoms with van der Waals surface area (Å²) < 4.78 is 12.5. The third-order valence-corrected chi connectivity index (χ3v) is 9.75. The molecule has 0 saturated heterocycles. The molecule has 5 nitrogen and oxygen atoms in total. The predicted molar refractivity (Wildman–Crippen MR) is 188 cm³/mol. The fourth-order valence-electron chi connectivity index (χ4n) is 7.35. The molecule has 0 aliphatic heterocycles. The third-order valence-electron chi connectivity index (χ3n) is 9.75. The molecule has 0 amide bonds. The first-order valence-electron chi connectivity index (χ1n) is 15.9. The largest absolute Gasteiger partial charge is 0.456 e. The summed E-state index contributed by atoms with van der Waals surface area (Å²) >= 11 is 0. The molecule has 0 spiro atoms. The fourth-order valence-corrected chi connectivity index (χ4v) is 7.35. The molecule has 3 heterocycles. The average Bonchev–Trinajstić information content (AvgIpc) is 3.75. The van der Waals surface area contributed by atoms with Gasteiger partial charge in [-0.3, -0.25) is 0 Å². The summed E-state index contributed by atoms with van der Waals surface area (Å²) in [7, 11) is 0. The lowest BCUT2D eigenvalue weighted by Crippen LogP contribution is -2.14. The minimum Gasteiger partial charge on any atom is -0.456 e. The molecular weight excluding hydrogens is 578 g/mol. The summed E-state index contributed by atoms with van der Waals surface area (Å²) in [5.41, 5.74) is 11.0. The molecule has 0 unspecified atom stereocenters. The van der Waals surface area contributed by atoms with E-state index < -0.39 is 0 Å². The minimum atomic E-state index is -0.0795. The van der Waals surface area contributed by atoms with Crippen LogP contribution >= 0.6 is 0 Å². The van der Waals surface area contributed by atoms with E-state index in [1.807, 2.05) is 48.5 Å². The summed E-state index contributed by atoms with van der Waals surface area (Å²) in [5.74, 6) is 1.78. The molecule has 0 atom stereocenters. The van der Waals surface area contributed by atoms with E-state index in [1.165, 1.54) is 22.3 Å². The second-order valence-electron chi connectivity index (χ2n) is 12.9. The number of hydrogen-bond donors (Lipinski definition) is 0. The second-order valence-corrected chi connectivity index (χ2v) is 12.9. The van der Waals surface area contributed by atoms with E-state index >= 15 is 0 Å². The van der Waals surface area contributed by atoms with Crippen molar-refractivity contribution < 1.29 is 8.83 Å². The Labute approximate surface area is 270 Å². The van der Waals surface area contributed by atoms with Crippen LogP contribution in [0.25, 0.3) is 89.2 Å². The first-order valence-corrected chi connectivity index (χ1v) is 15.9. The monoisotopic (exact) mass is 605 g/mol. The van der Waals surface area contributed by atoms with Gasteiger partial charge in [-0.15, -0.1) is 0 Å². The summed E-state index contributed by atoms with van der Waals surface area (Å²) in [4.78, 5) is 15.2. The van der Waals surface area contributed by atoms with Crippen molar-refractivity contribution in [2.45, 2.75) is 19.3 Å². The second kappa shape index (κ2) is 9.47. The molecule has 0 bridgehead atoms. The highest BCUT2D eigenvalue weighted by Crippen LogP contribution is 2.49. The Kier molecular flexibility index (Phi) is 5.28. The normalized spacial score (nSPS) is 13.5. The topological polar surface area (TPSA) is 65.0 Å². The first-order chi connectivity index (χ1) is 23.0. The Hall–Kier alpha value is -6.07. The van der Waals surface area contributed by atoms with Gasteiger partial charge in [-0.05, 0) is 64.7 Å². The van der Waals surface area contributed by atoms with Crippen LogP contribution in [0.1, 0.15) is 25.0 Å². The molecule has 0 fully saturated rings. The lowest BCUT2D eigenvalue weighted by molar-refractivity contribution is 0.660. The van der Waals surface area contributed by atoms with Crippen LogP contribution in [0.15, 0.2) is 136 Å². The van der Waals surface area contributed by atoms with Crippen molar-refractivity contribution in [2.24, 2.45) is 0 Å². The summed E-state index contributed by atoms with van der Waals surface area (Å²) in [6.45, 7) is 4.58. The van der Waals surface area contributed by atoms with Crippen LogP contribution in [0.3, 0.4) is 0 Å². The van der Waals surface area contributed by atoms with Crippen molar-refractivity contribution in [1.82, 2.24) is 15.0 Å². The SMILES string of the molecule is CC1(C)c2ccccc2-c2cc(-c3nc(-c4ccc5c(c4)oc4ccccc45)nc(-c4ccc5c(c4)oc4ccccc45)n3)ccc21. The van der Waals surface area contributed by atoms with Gasteiger partial charge in [0, 0.05) is 43.7 Å². The van der Waals surface area contributed by atoms with Crippen LogP contribution in [0.2, 0.25) is 0 Å². The number of nitrogens with zero attached hydrogens (tertiary/aromatic N) is 3. The summed E-state index contributed by atoms with van der Waals surface area (Å²) in [6, 6.07) is 43.9. The Bertz CT molecular complexity index is 2600. The molecule has 0 radical (unpaired) electrons. The maximum atomic E-state index is 6.24. The number of para-hydroxylation sites is 2. The Morgan fingerprint density at radius 3 is 1.45 bits per heavy atom. The zero-order valence-corrected chi connectivity index (χ0v) is 25.8. The van der Waals surface area contributed by atoms with Gasteiger partial charge < -0.3 is 8.83 Å². The summed E-state index contributed by atoms with van der Waals surface area (Å²) in [6.07, 6.45) is 0. The quantitative estimate of drug-likeness (QED) is 0.200. The van der Waals surface area contributed by atoms with Crippen LogP contribution < -0.4 is 0 Å². The third kappa shape index (κ3) is 3.86. The average molecular weight is 606 g/mol. The molecule has 0 saturated carbocycles. The number of aromatic nitrogens is 3. The van der Waals surface area contributed by atoms with Crippen molar-refractivity contribution in [1.29, 1.82) is 0 Å². The fraction of sp³-hybridized carbons (Fsp3) is 0.0714. The molecule has 1 aliphatic carbocycles.